The van der Waals surface area contributed by atoms with Crippen LogP contribution in [0.25, 0.3) is 0 Å². The van der Waals surface area contributed by atoms with Gasteiger partial charge in [-0.3, -0.25) is 10.1 Å². The molecule has 2 N–H and O–H groups in total. The number of nitro groups is 1. The van der Waals surface area contributed by atoms with Crippen LogP contribution in [-0.2, 0) is 0 Å². The van der Waals surface area contributed by atoms with E-state index >= 15 is 0 Å². The Hall–Kier alpha value is -1.93. The van der Waals surface area contributed by atoms with E-state index in [0.29, 0.717) is 16.0 Å². The molecule has 0 fully saturated rings. The first-order valence-electron chi connectivity index (χ1n) is 5.67. The highest BCUT2D eigenvalue weighted by molar-refractivity contribution is 9.10. The Morgan fingerprint density at radius 3 is 2.71 bits per heavy atom. The van der Waals surface area contributed by atoms with Crippen LogP contribution < -0.4 is 10.6 Å². The maximum absolute atomic E-state index is 13.2. The van der Waals surface area contributed by atoms with Gasteiger partial charge in [-0.05, 0) is 34.1 Å². The van der Waals surface area contributed by atoms with E-state index in [2.05, 4.69) is 31.5 Å². The summed E-state index contributed by atoms with van der Waals surface area (Å²) in [6.45, 7) is 0. The van der Waals surface area contributed by atoms with Crippen LogP contribution in [0.5, 0.6) is 0 Å². The van der Waals surface area contributed by atoms with Crippen molar-refractivity contribution in [2.45, 2.75) is 0 Å². The van der Waals surface area contributed by atoms with Crippen LogP contribution in [0.1, 0.15) is 0 Å². The van der Waals surface area contributed by atoms with Crippen LogP contribution in [0, 0.1) is 15.9 Å². The third-order valence-electron chi connectivity index (χ3n) is 2.58. The van der Waals surface area contributed by atoms with Gasteiger partial charge in [0, 0.05) is 17.6 Å². The third-order valence-corrected chi connectivity index (χ3v) is 3.50. The number of nitrogens with one attached hydrogen (secondary N) is 2. The van der Waals surface area contributed by atoms with Gasteiger partial charge in [-0.15, -0.1) is 0 Å². The number of aromatic nitrogens is 1. The molecule has 0 aliphatic heterocycles. The zero-order chi connectivity index (χ0) is 15.6. The van der Waals surface area contributed by atoms with Gasteiger partial charge in [-0.25, -0.2) is 9.37 Å². The van der Waals surface area contributed by atoms with Gasteiger partial charge in [0.15, 0.2) is 0 Å². The Kier molecular flexibility index (Phi) is 4.59. The van der Waals surface area contributed by atoms with Crippen molar-refractivity contribution in [3.8, 4) is 0 Å². The van der Waals surface area contributed by atoms with Crippen molar-refractivity contribution in [1.82, 2.24) is 4.98 Å². The minimum atomic E-state index is -0.569. The summed E-state index contributed by atoms with van der Waals surface area (Å²) < 4.78 is 13.5. The first kappa shape index (κ1) is 15.5. The molecule has 0 spiro atoms. The van der Waals surface area contributed by atoms with Gasteiger partial charge in [-0.1, -0.05) is 11.6 Å². The smallest absolute Gasteiger partial charge is 0.311 e. The summed E-state index contributed by atoms with van der Waals surface area (Å²) >= 11 is 9.10. The highest BCUT2D eigenvalue weighted by Gasteiger charge is 2.18. The van der Waals surface area contributed by atoms with Crippen LogP contribution in [0.4, 0.5) is 27.4 Å². The molecular weight excluding hydrogens is 367 g/mol. The number of rotatable bonds is 4. The third kappa shape index (κ3) is 3.40. The molecular formula is C12H9BrClFN4O2. The molecule has 0 amide bonds. The molecule has 21 heavy (non-hydrogen) atoms. The van der Waals surface area contributed by atoms with Crippen molar-refractivity contribution < 1.29 is 9.31 Å². The molecule has 6 nitrogen and oxygen atoms in total. The van der Waals surface area contributed by atoms with E-state index in [-0.39, 0.29) is 16.5 Å². The van der Waals surface area contributed by atoms with E-state index in [1.807, 2.05) is 0 Å². The van der Waals surface area contributed by atoms with Crippen LogP contribution in [-0.4, -0.2) is 17.0 Å². The largest absolute Gasteiger partial charge is 0.373 e. The van der Waals surface area contributed by atoms with Gasteiger partial charge in [-0.2, -0.15) is 0 Å². The fraction of sp³-hybridized carbons (Fsp3) is 0.0833. The van der Waals surface area contributed by atoms with Crippen molar-refractivity contribution in [3.63, 3.8) is 0 Å². The second kappa shape index (κ2) is 6.23. The summed E-state index contributed by atoms with van der Waals surface area (Å²) in [7, 11) is 1.64. The number of anilines is 3. The molecule has 0 radical (unpaired) electrons. The van der Waals surface area contributed by atoms with Crippen molar-refractivity contribution in [3.05, 3.63) is 49.7 Å². The van der Waals surface area contributed by atoms with Crippen molar-refractivity contribution >= 4 is 50.5 Å². The Labute approximate surface area is 132 Å². The van der Waals surface area contributed by atoms with E-state index in [9.17, 15) is 14.5 Å². The summed E-state index contributed by atoms with van der Waals surface area (Å²) in [4.78, 5) is 14.5. The molecule has 0 saturated heterocycles. The lowest BCUT2D eigenvalue weighted by Gasteiger charge is -2.11. The van der Waals surface area contributed by atoms with Gasteiger partial charge in [0.25, 0.3) is 0 Å². The van der Waals surface area contributed by atoms with Crippen LogP contribution >= 0.6 is 27.5 Å². The fourth-order valence-corrected chi connectivity index (χ4v) is 2.51. The van der Waals surface area contributed by atoms with Crippen molar-refractivity contribution in [2.75, 3.05) is 17.7 Å². The number of pyridine rings is 1. The van der Waals surface area contributed by atoms with E-state index in [1.165, 1.54) is 18.2 Å². The minimum absolute atomic E-state index is 0.000980. The standard InChI is InChI=1S/C12H9BrClFN4O2/c1-16-10-3-2-9(19(20)21)12(17-10)18-11-7(13)4-6(15)5-8(11)14/h2-5H,1H3,(H2,16,17,18). The van der Waals surface area contributed by atoms with E-state index < -0.39 is 10.7 Å². The number of hydrogen-bond acceptors (Lipinski definition) is 5. The Bertz CT molecular complexity index is 691. The molecule has 0 bridgehead atoms. The number of hydrogen-bond donors (Lipinski definition) is 2. The van der Waals surface area contributed by atoms with Crippen LogP contribution in [0.2, 0.25) is 5.02 Å². The molecule has 0 saturated carbocycles. The number of nitrogens with zero attached hydrogens (tertiary/aromatic N) is 2. The molecule has 0 unspecified atom stereocenters. The van der Waals surface area contributed by atoms with Gasteiger partial charge in [0.2, 0.25) is 5.82 Å². The maximum Gasteiger partial charge on any atom is 0.311 e. The van der Waals surface area contributed by atoms with Crippen LogP contribution in [0.3, 0.4) is 0 Å². The predicted octanol–water partition coefficient (Wildman–Crippen LogP) is 4.33. The number of halogens is 3. The molecule has 110 valence electrons. The van der Waals surface area contributed by atoms with Crippen molar-refractivity contribution in [1.29, 1.82) is 0 Å². The van der Waals surface area contributed by atoms with E-state index in [0.717, 1.165) is 6.07 Å². The second-order valence-corrected chi connectivity index (χ2v) is 5.20. The zero-order valence-corrected chi connectivity index (χ0v) is 13.0. The summed E-state index contributed by atoms with van der Waals surface area (Å²) in [6, 6.07) is 5.08. The highest BCUT2D eigenvalue weighted by atomic mass is 79.9. The molecule has 9 heteroatoms. The van der Waals surface area contributed by atoms with E-state index in [1.54, 1.807) is 7.05 Å². The molecule has 2 rings (SSSR count). The van der Waals surface area contributed by atoms with Gasteiger partial charge >= 0.3 is 5.69 Å². The SMILES string of the molecule is CNc1ccc([N+](=O)[O-])c(Nc2c(Cl)cc(F)cc2Br)n1. The second-order valence-electron chi connectivity index (χ2n) is 3.94. The Balaban J connectivity index is 2.50. The van der Waals surface area contributed by atoms with Gasteiger partial charge in [0.05, 0.1) is 15.6 Å². The minimum Gasteiger partial charge on any atom is -0.373 e. The average Bonchev–Trinajstić information content (AvgIpc) is 2.42. The summed E-state index contributed by atoms with van der Waals surface area (Å²) in [5, 5.41) is 16.6. The lowest BCUT2D eigenvalue weighted by atomic mass is 10.3. The predicted molar refractivity (Wildman–Crippen MR) is 82.8 cm³/mol. The number of benzene rings is 1. The van der Waals surface area contributed by atoms with Crippen molar-refractivity contribution in [2.24, 2.45) is 0 Å². The summed E-state index contributed by atoms with van der Waals surface area (Å²) in [5.41, 5.74) is 0.0724. The lowest BCUT2D eigenvalue weighted by Crippen LogP contribution is -2.03. The molecule has 1 aromatic carbocycles. The summed E-state index contributed by atoms with van der Waals surface area (Å²) in [6.07, 6.45) is 0. The first-order valence-corrected chi connectivity index (χ1v) is 6.84. The first-order chi connectivity index (χ1) is 9.92. The maximum atomic E-state index is 13.2. The molecule has 1 aromatic heterocycles. The molecule has 0 aliphatic rings. The molecule has 0 aliphatic carbocycles. The monoisotopic (exact) mass is 374 g/mol. The van der Waals surface area contributed by atoms with Crippen LogP contribution in [0.15, 0.2) is 28.7 Å². The molecule has 1 heterocycles. The Morgan fingerprint density at radius 2 is 2.14 bits per heavy atom. The highest BCUT2D eigenvalue weighted by Crippen LogP contribution is 2.36. The quantitative estimate of drug-likeness (QED) is 0.614. The molecule has 2 aromatic rings. The Morgan fingerprint density at radius 1 is 1.43 bits per heavy atom. The molecule has 0 atom stereocenters. The van der Waals surface area contributed by atoms with Gasteiger partial charge < -0.3 is 10.6 Å². The average molecular weight is 376 g/mol. The van der Waals surface area contributed by atoms with Gasteiger partial charge in [0.1, 0.15) is 11.6 Å². The summed E-state index contributed by atoms with van der Waals surface area (Å²) in [5.74, 6) is -0.0811. The fourth-order valence-electron chi connectivity index (χ4n) is 1.61. The van der Waals surface area contributed by atoms with E-state index in [4.69, 9.17) is 11.6 Å². The topological polar surface area (TPSA) is 80.1 Å². The normalized spacial score (nSPS) is 10.3. The zero-order valence-electron chi connectivity index (χ0n) is 10.7. The lowest BCUT2D eigenvalue weighted by molar-refractivity contribution is -0.384.